The van der Waals surface area contributed by atoms with Gasteiger partial charge in [-0.2, -0.15) is 0 Å². The largest absolute Gasteiger partial charge is 0.355 e. The van der Waals surface area contributed by atoms with Crippen LogP contribution in [-0.2, 0) is 0 Å². The molecule has 1 aromatic carbocycles. The maximum absolute atomic E-state index is 12.2. The first-order chi connectivity index (χ1) is 9.84. The number of benzene rings is 1. The van der Waals surface area contributed by atoms with Crippen LogP contribution in [-0.4, -0.2) is 24.0 Å². The first-order valence-electron chi connectivity index (χ1n) is 6.91. The van der Waals surface area contributed by atoms with E-state index in [4.69, 9.17) is 0 Å². The lowest BCUT2D eigenvalue weighted by Crippen LogP contribution is -2.22. The predicted molar refractivity (Wildman–Crippen MR) is 80.1 cm³/mol. The third kappa shape index (κ3) is 2.64. The van der Waals surface area contributed by atoms with Crippen molar-refractivity contribution in [3.05, 3.63) is 54.2 Å². The molecule has 0 bridgehead atoms. The molecule has 2 heterocycles. The lowest BCUT2D eigenvalue weighted by Gasteiger charge is -2.19. The molecular weight excluding hydrogens is 250 g/mol. The second kappa shape index (κ2) is 5.74. The number of anilines is 2. The minimum absolute atomic E-state index is 0.0981. The molecule has 4 nitrogen and oxygen atoms in total. The molecule has 0 atom stereocenters. The Morgan fingerprint density at radius 1 is 1.05 bits per heavy atom. The molecule has 1 aliphatic rings. The van der Waals surface area contributed by atoms with Gasteiger partial charge in [0.1, 0.15) is 0 Å². The van der Waals surface area contributed by atoms with Gasteiger partial charge in [0.25, 0.3) is 5.91 Å². The predicted octanol–water partition coefficient (Wildman–Crippen LogP) is 2.93. The van der Waals surface area contributed by atoms with E-state index in [-0.39, 0.29) is 5.91 Å². The number of carbonyl (C=O) groups is 1. The monoisotopic (exact) mass is 267 g/mol. The molecule has 3 rings (SSSR count). The van der Waals surface area contributed by atoms with Crippen LogP contribution in [0.15, 0.2) is 48.7 Å². The van der Waals surface area contributed by atoms with Crippen LogP contribution in [0.5, 0.6) is 0 Å². The van der Waals surface area contributed by atoms with Gasteiger partial charge < -0.3 is 10.2 Å². The minimum atomic E-state index is -0.0981. The standard InChI is InChI=1S/C16H17N3O/c20-16(13-7-2-1-3-8-13)18-14-9-6-10-17-15(14)19-11-4-5-12-19/h1-3,6-10H,4-5,11-12H2,(H,18,20). The van der Waals surface area contributed by atoms with Crippen molar-refractivity contribution in [1.29, 1.82) is 0 Å². The van der Waals surface area contributed by atoms with Gasteiger partial charge >= 0.3 is 0 Å². The summed E-state index contributed by atoms with van der Waals surface area (Å²) in [5.74, 6) is 0.772. The van der Waals surface area contributed by atoms with Gasteiger partial charge in [-0.3, -0.25) is 4.79 Å². The fourth-order valence-corrected chi connectivity index (χ4v) is 2.46. The van der Waals surface area contributed by atoms with E-state index >= 15 is 0 Å². The van der Waals surface area contributed by atoms with Crippen LogP contribution in [0.1, 0.15) is 23.2 Å². The lowest BCUT2D eigenvalue weighted by molar-refractivity contribution is 0.102. The number of aromatic nitrogens is 1. The number of hydrogen-bond donors (Lipinski definition) is 1. The van der Waals surface area contributed by atoms with Crippen LogP contribution in [0.2, 0.25) is 0 Å². The van der Waals surface area contributed by atoms with Gasteiger partial charge in [0.2, 0.25) is 0 Å². The van der Waals surface area contributed by atoms with Crippen LogP contribution in [0.4, 0.5) is 11.5 Å². The normalized spacial score (nSPS) is 14.3. The topological polar surface area (TPSA) is 45.2 Å². The highest BCUT2D eigenvalue weighted by molar-refractivity contribution is 6.05. The van der Waals surface area contributed by atoms with Gasteiger partial charge in [-0.15, -0.1) is 0 Å². The van der Waals surface area contributed by atoms with Gasteiger partial charge in [-0.25, -0.2) is 4.98 Å². The number of rotatable bonds is 3. The van der Waals surface area contributed by atoms with Crippen molar-refractivity contribution >= 4 is 17.4 Å². The zero-order chi connectivity index (χ0) is 13.8. The van der Waals surface area contributed by atoms with Crippen LogP contribution >= 0.6 is 0 Å². The summed E-state index contributed by atoms with van der Waals surface area (Å²) in [7, 11) is 0. The molecule has 1 N–H and O–H groups in total. The average Bonchev–Trinajstić information content (AvgIpc) is 3.03. The number of pyridine rings is 1. The van der Waals surface area contributed by atoms with Gasteiger partial charge in [-0.1, -0.05) is 18.2 Å². The van der Waals surface area contributed by atoms with Crippen LogP contribution in [0.25, 0.3) is 0 Å². The molecule has 0 radical (unpaired) electrons. The summed E-state index contributed by atoms with van der Waals surface area (Å²) in [5, 5.41) is 2.96. The summed E-state index contributed by atoms with van der Waals surface area (Å²) in [6.45, 7) is 2.01. The first-order valence-corrected chi connectivity index (χ1v) is 6.91. The van der Waals surface area contributed by atoms with Crippen molar-refractivity contribution in [1.82, 2.24) is 4.98 Å². The van der Waals surface area contributed by atoms with E-state index in [1.54, 1.807) is 18.3 Å². The summed E-state index contributed by atoms with van der Waals surface area (Å²) in [4.78, 5) is 18.9. The first kappa shape index (κ1) is 12.7. The number of hydrogen-bond acceptors (Lipinski definition) is 3. The maximum Gasteiger partial charge on any atom is 0.255 e. The molecule has 1 fully saturated rings. The van der Waals surface area contributed by atoms with Crippen molar-refractivity contribution < 1.29 is 4.79 Å². The molecule has 0 saturated carbocycles. The quantitative estimate of drug-likeness (QED) is 0.930. The molecule has 1 aliphatic heterocycles. The van der Waals surface area contributed by atoms with Crippen molar-refractivity contribution in [2.45, 2.75) is 12.8 Å². The Kier molecular flexibility index (Phi) is 3.63. The summed E-state index contributed by atoms with van der Waals surface area (Å²) in [6, 6.07) is 13.0. The number of carbonyl (C=O) groups excluding carboxylic acids is 1. The van der Waals surface area contributed by atoms with Crippen molar-refractivity contribution in [2.75, 3.05) is 23.3 Å². The fraction of sp³-hybridized carbons (Fsp3) is 0.250. The third-order valence-electron chi connectivity index (χ3n) is 3.48. The van der Waals surface area contributed by atoms with Gasteiger partial charge in [0, 0.05) is 24.8 Å². The Morgan fingerprint density at radius 3 is 2.55 bits per heavy atom. The van der Waals surface area contributed by atoms with Crippen LogP contribution in [0.3, 0.4) is 0 Å². The van der Waals surface area contributed by atoms with E-state index < -0.39 is 0 Å². The molecule has 0 unspecified atom stereocenters. The van der Waals surface area contributed by atoms with Gasteiger partial charge in [0.05, 0.1) is 5.69 Å². The highest BCUT2D eigenvalue weighted by Gasteiger charge is 2.18. The lowest BCUT2D eigenvalue weighted by atomic mass is 10.2. The molecule has 1 saturated heterocycles. The third-order valence-corrected chi connectivity index (χ3v) is 3.48. The highest BCUT2D eigenvalue weighted by atomic mass is 16.1. The van der Waals surface area contributed by atoms with Crippen LogP contribution in [0, 0.1) is 0 Å². The zero-order valence-electron chi connectivity index (χ0n) is 11.2. The van der Waals surface area contributed by atoms with Crippen LogP contribution < -0.4 is 10.2 Å². The Balaban J connectivity index is 1.82. The summed E-state index contributed by atoms with van der Waals surface area (Å²) >= 11 is 0. The SMILES string of the molecule is O=C(Nc1cccnc1N1CCCC1)c1ccccc1. The van der Waals surface area contributed by atoms with E-state index in [2.05, 4.69) is 15.2 Å². The van der Waals surface area contributed by atoms with E-state index in [1.165, 1.54) is 12.8 Å². The van der Waals surface area contributed by atoms with E-state index in [0.717, 1.165) is 24.6 Å². The Bertz CT molecular complexity index is 592. The smallest absolute Gasteiger partial charge is 0.255 e. The number of amides is 1. The van der Waals surface area contributed by atoms with E-state index in [0.29, 0.717) is 5.56 Å². The molecule has 2 aromatic rings. The fourth-order valence-electron chi connectivity index (χ4n) is 2.46. The average molecular weight is 267 g/mol. The molecule has 20 heavy (non-hydrogen) atoms. The number of nitrogens with zero attached hydrogens (tertiary/aromatic N) is 2. The maximum atomic E-state index is 12.2. The van der Waals surface area contributed by atoms with Crippen molar-refractivity contribution in [3.63, 3.8) is 0 Å². The van der Waals surface area contributed by atoms with E-state index in [9.17, 15) is 4.79 Å². The summed E-state index contributed by atoms with van der Waals surface area (Å²) in [6.07, 6.45) is 4.14. The Morgan fingerprint density at radius 2 is 1.80 bits per heavy atom. The highest BCUT2D eigenvalue weighted by Crippen LogP contribution is 2.26. The molecule has 1 aromatic heterocycles. The second-order valence-corrected chi connectivity index (χ2v) is 4.89. The van der Waals surface area contributed by atoms with Crippen molar-refractivity contribution in [2.24, 2.45) is 0 Å². The van der Waals surface area contributed by atoms with Gasteiger partial charge in [0.15, 0.2) is 5.82 Å². The molecule has 102 valence electrons. The Labute approximate surface area is 118 Å². The second-order valence-electron chi connectivity index (χ2n) is 4.89. The zero-order valence-corrected chi connectivity index (χ0v) is 11.2. The minimum Gasteiger partial charge on any atom is -0.355 e. The number of nitrogens with one attached hydrogen (secondary N) is 1. The molecule has 4 heteroatoms. The van der Waals surface area contributed by atoms with Gasteiger partial charge in [-0.05, 0) is 37.1 Å². The summed E-state index contributed by atoms with van der Waals surface area (Å²) < 4.78 is 0. The van der Waals surface area contributed by atoms with Crippen molar-refractivity contribution in [3.8, 4) is 0 Å². The molecule has 0 spiro atoms. The Hall–Kier alpha value is -2.36. The molecule has 0 aliphatic carbocycles. The summed E-state index contributed by atoms with van der Waals surface area (Å²) in [5.41, 5.74) is 1.44. The molecular formula is C16H17N3O. The molecule has 1 amide bonds. The van der Waals surface area contributed by atoms with E-state index in [1.807, 2.05) is 30.3 Å².